The zero-order chi connectivity index (χ0) is 18.5. The molecule has 26 heavy (non-hydrogen) atoms. The van der Waals surface area contributed by atoms with Gasteiger partial charge in [-0.05, 0) is 44.2 Å². The zero-order valence-electron chi connectivity index (χ0n) is 14.4. The molecule has 2 aromatic carbocycles. The van der Waals surface area contributed by atoms with Crippen LogP contribution in [0.1, 0.15) is 32.1 Å². The van der Waals surface area contributed by atoms with Crippen LogP contribution in [-0.2, 0) is 0 Å². The second-order valence-electron chi connectivity index (χ2n) is 5.66. The van der Waals surface area contributed by atoms with Crippen LogP contribution < -0.4 is 9.47 Å². The maximum Gasteiger partial charge on any atom is 0.345 e. The summed E-state index contributed by atoms with van der Waals surface area (Å²) in [6.45, 7) is 3.39. The molecule has 3 aromatic rings. The normalized spacial score (nSPS) is 10.2. The number of ether oxygens (including phenoxy) is 2. The average Bonchev–Trinajstić information content (AvgIpc) is 2.63. The summed E-state index contributed by atoms with van der Waals surface area (Å²) >= 11 is 0. The number of pyridine rings is 1. The summed E-state index contributed by atoms with van der Waals surface area (Å²) in [7, 11) is 0. The standard InChI is InChI=1S/C21H17NO4/c1-14-18(20(23)25-16-9-5-3-6-10-16)13-19(15(2)22-14)21(24)26-17-11-7-4-8-12-17/h3-13H,1-2H3. The Morgan fingerprint density at radius 1 is 0.692 bits per heavy atom. The molecule has 0 atom stereocenters. The first-order valence-corrected chi connectivity index (χ1v) is 8.07. The number of esters is 2. The molecule has 0 aliphatic heterocycles. The highest BCUT2D eigenvalue weighted by Crippen LogP contribution is 2.19. The number of benzene rings is 2. The van der Waals surface area contributed by atoms with Gasteiger partial charge in [0.05, 0.1) is 22.5 Å². The Hall–Kier alpha value is -3.47. The van der Waals surface area contributed by atoms with Gasteiger partial charge in [0.25, 0.3) is 0 Å². The van der Waals surface area contributed by atoms with E-state index >= 15 is 0 Å². The third-order valence-electron chi connectivity index (χ3n) is 3.75. The molecule has 0 spiro atoms. The molecule has 0 fully saturated rings. The molecule has 1 heterocycles. The number of aryl methyl sites for hydroxylation is 2. The van der Waals surface area contributed by atoms with Crippen LogP contribution >= 0.6 is 0 Å². The summed E-state index contributed by atoms with van der Waals surface area (Å²) in [5, 5.41) is 0. The van der Waals surface area contributed by atoms with Gasteiger partial charge in [0.2, 0.25) is 0 Å². The highest BCUT2D eigenvalue weighted by atomic mass is 16.5. The topological polar surface area (TPSA) is 65.5 Å². The molecule has 0 saturated carbocycles. The number of hydrogen-bond acceptors (Lipinski definition) is 5. The first kappa shape index (κ1) is 17.4. The largest absolute Gasteiger partial charge is 0.423 e. The van der Waals surface area contributed by atoms with Gasteiger partial charge in [0, 0.05) is 0 Å². The molecule has 0 saturated heterocycles. The highest BCUT2D eigenvalue weighted by molar-refractivity contribution is 5.98. The lowest BCUT2D eigenvalue weighted by molar-refractivity contribution is 0.0733. The van der Waals surface area contributed by atoms with Crippen molar-refractivity contribution in [3.05, 3.63) is 89.2 Å². The summed E-state index contributed by atoms with van der Waals surface area (Å²) in [5.41, 5.74) is 1.42. The SMILES string of the molecule is Cc1nc(C)c(C(=O)Oc2ccccc2)cc1C(=O)Oc1ccccc1. The van der Waals surface area contributed by atoms with Crippen molar-refractivity contribution in [1.29, 1.82) is 0 Å². The summed E-state index contributed by atoms with van der Waals surface area (Å²) in [6, 6.07) is 18.9. The molecule has 5 heteroatoms. The Bertz CT molecular complexity index is 862. The van der Waals surface area contributed by atoms with E-state index in [-0.39, 0.29) is 11.1 Å². The Morgan fingerprint density at radius 3 is 1.46 bits per heavy atom. The van der Waals surface area contributed by atoms with E-state index in [1.54, 1.807) is 62.4 Å². The Morgan fingerprint density at radius 2 is 1.08 bits per heavy atom. The summed E-state index contributed by atoms with van der Waals surface area (Å²) in [4.78, 5) is 29.2. The maximum atomic E-state index is 12.5. The number of aromatic nitrogens is 1. The lowest BCUT2D eigenvalue weighted by Crippen LogP contribution is -2.17. The van der Waals surface area contributed by atoms with E-state index < -0.39 is 11.9 Å². The minimum Gasteiger partial charge on any atom is -0.423 e. The van der Waals surface area contributed by atoms with Gasteiger partial charge in [-0.1, -0.05) is 36.4 Å². The van der Waals surface area contributed by atoms with Gasteiger partial charge in [-0.3, -0.25) is 4.98 Å². The fraction of sp³-hybridized carbons (Fsp3) is 0.0952. The molecule has 0 N–H and O–H groups in total. The highest BCUT2D eigenvalue weighted by Gasteiger charge is 2.20. The van der Waals surface area contributed by atoms with E-state index in [1.165, 1.54) is 6.07 Å². The number of nitrogens with zero attached hydrogens (tertiary/aromatic N) is 1. The van der Waals surface area contributed by atoms with Gasteiger partial charge in [-0.25, -0.2) is 9.59 Å². The van der Waals surface area contributed by atoms with E-state index in [4.69, 9.17) is 9.47 Å². The molecule has 0 unspecified atom stereocenters. The molecule has 0 bridgehead atoms. The van der Waals surface area contributed by atoms with Crippen molar-refractivity contribution in [1.82, 2.24) is 4.98 Å². The van der Waals surface area contributed by atoms with Gasteiger partial charge in [0.15, 0.2) is 0 Å². The van der Waals surface area contributed by atoms with Crippen molar-refractivity contribution in [3.8, 4) is 11.5 Å². The van der Waals surface area contributed by atoms with Gasteiger partial charge in [-0.2, -0.15) is 0 Å². The average molecular weight is 347 g/mol. The Kier molecular flexibility index (Phi) is 5.08. The van der Waals surface area contributed by atoms with Crippen LogP contribution in [0.3, 0.4) is 0 Å². The number of para-hydroxylation sites is 2. The van der Waals surface area contributed by atoms with Crippen LogP contribution in [0.5, 0.6) is 11.5 Å². The molecule has 130 valence electrons. The van der Waals surface area contributed by atoms with E-state index in [2.05, 4.69) is 4.98 Å². The predicted octanol–water partition coefficient (Wildman–Crippen LogP) is 4.14. The predicted molar refractivity (Wildman–Crippen MR) is 96.5 cm³/mol. The minimum atomic E-state index is -0.574. The third kappa shape index (κ3) is 3.95. The van der Waals surface area contributed by atoms with Crippen molar-refractivity contribution in [2.24, 2.45) is 0 Å². The van der Waals surface area contributed by atoms with Gasteiger partial charge < -0.3 is 9.47 Å². The molecule has 0 amide bonds. The first-order valence-electron chi connectivity index (χ1n) is 8.07. The number of rotatable bonds is 4. The van der Waals surface area contributed by atoms with Gasteiger partial charge in [0.1, 0.15) is 11.5 Å². The van der Waals surface area contributed by atoms with Gasteiger partial charge in [-0.15, -0.1) is 0 Å². The van der Waals surface area contributed by atoms with Crippen LogP contribution in [0, 0.1) is 13.8 Å². The Balaban J connectivity index is 1.87. The second-order valence-corrected chi connectivity index (χ2v) is 5.66. The van der Waals surface area contributed by atoms with E-state index in [0.717, 1.165) is 0 Å². The van der Waals surface area contributed by atoms with E-state index in [1.807, 2.05) is 12.1 Å². The van der Waals surface area contributed by atoms with Crippen molar-refractivity contribution >= 4 is 11.9 Å². The molecule has 1 aromatic heterocycles. The number of carbonyl (C=O) groups excluding carboxylic acids is 2. The smallest absolute Gasteiger partial charge is 0.345 e. The summed E-state index contributed by atoms with van der Waals surface area (Å²) in [6.07, 6.45) is 0. The van der Waals surface area contributed by atoms with Crippen molar-refractivity contribution in [2.45, 2.75) is 13.8 Å². The molecular formula is C21H17NO4. The fourth-order valence-corrected chi connectivity index (χ4v) is 2.44. The van der Waals surface area contributed by atoms with Crippen LogP contribution in [-0.4, -0.2) is 16.9 Å². The molecule has 0 aliphatic rings. The van der Waals surface area contributed by atoms with E-state index in [0.29, 0.717) is 22.9 Å². The molecule has 0 aliphatic carbocycles. The summed E-state index contributed by atoms with van der Waals surface area (Å²) < 4.78 is 10.7. The van der Waals surface area contributed by atoms with Gasteiger partial charge >= 0.3 is 11.9 Å². The van der Waals surface area contributed by atoms with Crippen LogP contribution in [0.2, 0.25) is 0 Å². The molecule has 0 radical (unpaired) electrons. The van der Waals surface area contributed by atoms with Crippen LogP contribution in [0.4, 0.5) is 0 Å². The van der Waals surface area contributed by atoms with E-state index in [9.17, 15) is 9.59 Å². The van der Waals surface area contributed by atoms with Crippen LogP contribution in [0.15, 0.2) is 66.7 Å². The van der Waals surface area contributed by atoms with Crippen molar-refractivity contribution in [2.75, 3.05) is 0 Å². The lowest BCUT2D eigenvalue weighted by Gasteiger charge is -2.11. The quantitative estimate of drug-likeness (QED) is 0.524. The first-order chi connectivity index (χ1) is 12.5. The summed E-state index contributed by atoms with van der Waals surface area (Å²) in [5.74, 6) is -0.304. The number of hydrogen-bond donors (Lipinski definition) is 0. The lowest BCUT2D eigenvalue weighted by atomic mass is 10.1. The Labute approximate surface area is 151 Å². The van der Waals surface area contributed by atoms with Crippen molar-refractivity contribution < 1.29 is 19.1 Å². The minimum absolute atomic E-state index is 0.222. The van der Waals surface area contributed by atoms with Crippen molar-refractivity contribution in [3.63, 3.8) is 0 Å². The fourth-order valence-electron chi connectivity index (χ4n) is 2.44. The number of carbonyl (C=O) groups is 2. The molecule has 3 rings (SSSR count). The molecule has 5 nitrogen and oxygen atoms in total. The second kappa shape index (κ2) is 7.61. The maximum absolute atomic E-state index is 12.5. The van der Waals surface area contributed by atoms with Crippen LogP contribution in [0.25, 0.3) is 0 Å². The molecular weight excluding hydrogens is 330 g/mol. The zero-order valence-corrected chi connectivity index (χ0v) is 14.4. The monoisotopic (exact) mass is 347 g/mol. The third-order valence-corrected chi connectivity index (χ3v) is 3.75.